The molecule has 0 atom stereocenters. The van der Waals surface area contributed by atoms with Crippen LogP contribution in [0.25, 0.3) is 0 Å². The van der Waals surface area contributed by atoms with Gasteiger partial charge in [-0.25, -0.2) is 23.1 Å². The van der Waals surface area contributed by atoms with Gasteiger partial charge in [0.15, 0.2) is 0 Å². The maximum atomic E-state index is 11.9. The number of aromatic nitrogens is 2. The van der Waals surface area contributed by atoms with Crippen LogP contribution in [-0.2, 0) is 10.0 Å². The second kappa shape index (κ2) is 6.09. The average Bonchev–Trinajstić information content (AvgIpc) is 2.84. The lowest BCUT2D eigenvalue weighted by Crippen LogP contribution is -2.28. The molecule has 2 rings (SSSR count). The van der Waals surface area contributed by atoms with Gasteiger partial charge in [0, 0.05) is 30.4 Å². The van der Waals surface area contributed by atoms with Crippen molar-refractivity contribution >= 4 is 27.3 Å². The highest BCUT2D eigenvalue weighted by atomic mass is 32.2. The van der Waals surface area contributed by atoms with Crippen LogP contribution in [0.5, 0.6) is 0 Å². The minimum Gasteiger partial charge on any atom is -0.353 e. The zero-order valence-corrected chi connectivity index (χ0v) is 12.0. The molecule has 102 valence electrons. The molecule has 0 saturated heterocycles. The Morgan fingerprint density at radius 1 is 1.21 bits per heavy atom. The molecule has 0 aromatic carbocycles. The van der Waals surface area contributed by atoms with E-state index < -0.39 is 10.0 Å². The number of nitrogens with one attached hydrogen (secondary N) is 2. The number of thiophene rings is 1. The van der Waals surface area contributed by atoms with Crippen molar-refractivity contribution in [1.82, 2.24) is 14.7 Å². The summed E-state index contributed by atoms with van der Waals surface area (Å²) in [5.74, 6) is 0.480. The summed E-state index contributed by atoms with van der Waals surface area (Å²) in [5.41, 5.74) is 0. The van der Waals surface area contributed by atoms with Crippen LogP contribution >= 0.6 is 11.3 Å². The van der Waals surface area contributed by atoms with Crippen molar-refractivity contribution in [3.05, 3.63) is 35.5 Å². The summed E-state index contributed by atoms with van der Waals surface area (Å²) in [6.07, 6.45) is 3.24. The molecule has 19 heavy (non-hydrogen) atoms. The summed E-state index contributed by atoms with van der Waals surface area (Å²) in [7, 11) is -3.41. The van der Waals surface area contributed by atoms with Crippen LogP contribution in [0.2, 0.25) is 0 Å². The highest BCUT2D eigenvalue weighted by Crippen LogP contribution is 2.19. The summed E-state index contributed by atoms with van der Waals surface area (Å²) in [6.45, 7) is 2.57. The lowest BCUT2D eigenvalue weighted by molar-refractivity contribution is 0.585. The highest BCUT2D eigenvalue weighted by molar-refractivity contribution is 7.91. The molecule has 8 heteroatoms. The molecule has 0 radical (unpaired) electrons. The van der Waals surface area contributed by atoms with Gasteiger partial charge >= 0.3 is 0 Å². The Hall–Kier alpha value is -1.51. The molecule has 0 bridgehead atoms. The number of rotatable bonds is 6. The molecule has 0 unspecified atom stereocenters. The lowest BCUT2D eigenvalue weighted by atomic mass is 10.5. The van der Waals surface area contributed by atoms with Crippen molar-refractivity contribution in [3.63, 3.8) is 0 Å². The maximum Gasteiger partial charge on any atom is 0.250 e. The monoisotopic (exact) mass is 298 g/mol. The predicted molar refractivity (Wildman–Crippen MR) is 74.8 cm³/mol. The van der Waals surface area contributed by atoms with E-state index in [1.54, 1.807) is 30.6 Å². The molecule has 0 fully saturated rings. The first kappa shape index (κ1) is 13.9. The van der Waals surface area contributed by atoms with E-state index in [-0.39, 0.29) is 6.54 Å². The molecule has 2 aromatic heterocycles. The summed E-state index contributed by atoms with van der Waals surface area (Å²) >= 11 is 1.25. The Kier molecular flexibility index (Phi) is 4.46. The molecule has 0 amide bonds. The lowest BCUT2D eigenvalue weighted by Gasteiger charge is -2.06. The minimum absolute atomic E-state index is 0.275. The third kappa shape index (κ3) is 3.98. The Labute approximate surface area is 116 Å². The van der Waals surface area contributed by atoms with Crippen molar-refractivity contribution in [3.8, 4) is 0 Å². The fourth-order valence-electron chi connectivity index (χ4n) is 1.38. The quantitative estimate of drug-likeness (QED) is 0.784. The molecular weight excluding hydrogens is 284 g/mol. The Morgan fingerprint density at radius 3 is 2.58 bits per heavy atom. The molecule has 0 aliphatic rings. The van der Waals surface area contributed by atoms with Gasteiger partial charge in [0.25, 0.3) is 0 Å². The van der Waals surface area contributed by atoms with Gasteiger partial charge in [-0.15, -0.1) is 11.3 Å². The second-order valence-corrected chi connectivity index (χ2v) is 7.04. The fraction of sp³-hybridized carbons (Fsp3) is 0.273. The van der Waals surface area contributed by atoms with E-state index in [1.807, 2.05) is 6.92 Å². The predicted octanol–water partition coefficient (Wildman–Crippen LogP) is 1.24. The SMILES string of the molecule is Cc1ccc(S(=O)(=O)NCCNc2ncccn2)s1. The zero-order chi connectivity index (χ0) is 13.7. The van der Waals surface area contributed by atoms with E-state index in [9.17, 15) is 8.42 Å². The molecule has 6 nitrogen and oxygen atoms in total. The fourth-order valence-corrected chi connectivity index (χ4v) is 3.74. The normalized spacial score (nSPS) is 11.4. The van der Waals surface area contributed by atoms with Crippen LogP contribution < -0.4 is 10.0 Å². The van der Waals surface area contributed by atoms with Gasteiger partial charge in [-0.1, -0.05) is 0 Å². The van der Waals surface area contributed by atoms with Crippen molar-refractivity contribution in [2.24, 2.45) is 0 Å². The number of hydrogen-bond acceptors (Lipinski definition) is 6. The first-order chi connectivity index (χ1) is 9.08. The van der Waals surface area contributed by atoms with Crippen LogP contribution in [0, 0.1) is 6.92 Å². The van der Waals surface area contributed by atoms with Gasteiger partial charge in [-0.05, 0) is 25.1 Å². The van der Waals surface area contributed by atoms with Crippen molar-refractivity contribution in [2.75, 3.05) is 18.4 Å². The van der Waals surface area contributed by atoms with Crippen molar-refractivity contribution in [2.45, 2.75) is 11.1 Å². The average molecular weight is 298 g/mol. The molecule has 0 saturated carbocycles. The first-order valence-corrected chi connectivity index (χ1v) is 7.95. The second-order valence-electron chi connectivity index (χ2n) is 3.76. The van der Waals surface area contributed by atoms with Crippen LogP contribution in [0.4, 0.5) is 5.95 Å². The van der Waals surface area contributed by atoms with Gasteiger partial charge in [-0.2, -0.15) is 0 Å². The van der Waals surface area contributed by atoms with Crippen LogP contribution in [0.1, 0.15) is 4.88 Å². The molecule has 2 aromatic rings. The third-order valence-corrected chi connectivity index (χ3v) is 5.20. The zero-order valence-electron chi connectivity index (χ0n) is 10.3. The van der Waals surface area contributed by atoms with Crippen LogP contribution in [-0.4, -0.2) is 31.5 Å². The molecule has 2 N–H and O–H groups in total. The molecule has 0 spiro atoms. The maximum absolute atomic E-state index is 11.9. The molecule has 0 aliphatic heterocycles. The summed E-state index contributed by atoms with van der Waals surface area (Å²) in [5, 5.41) is 2.93. The number of anilines is 1. The topological polar surface area (TPSA) is 84.0 Å². The van der Waals surface area contributed by atoms with Crippen LogP contribution in [0.15, 0.2) is 34.8 Å². The van der Waals surface area contributed by atoms with E-state index in [0.717, 1.165) is 4.88 Å². The largest absolute Gasteiger partial charge is 0.353 e. The third-order valence-electron chi connectivity index (χ3n) is 2.25. The number of aryl methyl sites for hydroxylation is 1. The molecule has 0 aliphatic carbocycles. The van der Waals surface area contributed by atoms with E-state index >= 15 is 0 Å². The Balaban J connectivity index is 1.83. The molecule has 2 heterocycles. The molecular formula is C11H14N4O2S2. The first-order valence-electron chi connectivity index (χ1n) is 5.65. The summed E-state index contributed by atoms with van der Waals surface area (Å²) < 4.78 is 26.7. The van der Waals surface area contributed by atoms with Gasteiger partial charge in [0.05, 0.1) is 0 Å². The minimum atomic E-state index is -3.41. The highest BCUT2D eigenvalue weighted by Gasteiger charge is 2.14. The smallest absolute Gasteiger partial charge is 0.250 e. The number of hydrogen-bond donors (Lipinski definition) is 2. The number of sulfonamides is 1. The van der Waals surface area contributed by atoms with E-state index in [0.29, 0.717) is 16.7 Å². The van der Waals surface area contributed by atoms with Gasteiger partial charge < -0.3 is 5.32 Å². The van der Waals surface area contributed by atoms with Crippen LogP contribution in [0.3, 0.4) is 0 Å². The van der Waals surface area contributed by atoms with E-state index in [4.69, 9.17) is 0 Å². The summed E-state index contributed by atoms with van der Waals surface area (Å²) in [6, 6.07) is 5.11. The van der Waals surface area contributed by atoms with Gasteiger partial charge in [-0.3, -0.25) is 0 Å². The Bertz CT molecular complexity index is 625. The summed E-state index contributed by atoms with van der Waals surface area (Å²) in [4.78, 5) is 8.92. The standard InChI is InChI=1S/C11H14N4O2S2/c1-9-3-4-10(18-9)19(16,17)15-8-7-14-11-12-5-2-6-13-11/h2-6,15H,7-8H2,1H3,(H,12,13,14). The Morgan fingerprint density at radius 2 is 1.95 bits per heavy atom. The number of nitrogens with zero attached hydrogens (tertiary/aromatic N) is 2. The van der Waals surface area contributed by atoms with E-state index in [2.05, 4.69) is 20.0 Å². The van der Waals surface area contributed by atoms with Gasteiger partial charge in [0.1, 0.15) is 4.21 Å². The van der Waals surface area contributed by atoms with Crippen molar-refractivity contribution < 1.29 is 8.42 Å². The van der Waals surface area contributed by atoms with Crippen molar-refractivity contribution in [1.29, 1.82) is 0 Å². The van der Waals surface area contributed by atoms with E-state index in [1.165, 1.54) is 11.3 Å². The van der Waals surface area contributed by atoms with Gasteiger partial charge in [0.2, 0.25) is 16.0 Å².